The number of halogens is 1. The van der Waals surface area contributed by atoms with E-state index in [1.54, 1.807) is 0 Å². The smallest absolute Gasteiger partial charge is 0.0426 e. The SMILES string of the molecule is CCC(C)c1ccc(C(Br)C2CC2C)cc1. The van der Waals surface area contributed by atoms with E-state index in [0.717, 1.165) is 11.8 Å². The molecule has 0 nitrogen and oxygen atoms in total. The van der Waals surface area contributed by atoms with Crippen LogP contribution in [-0.2, 0) is 0 Å². The highest BCUT2D eigenvalue weighted by molar-refractivity contribution is 9.09. The van der Waals surface area contributed by atoms with Gasteiger partial charge >= 0.3 is 0 Å². The predicted octanol–water partition coefficient (Wildman–Crippen LogP) is 5.29. The van der Waals surface area contributed by atoms with Crippen LogP contribution in [0.3, 0.4) is 0 Å². The molecule has 88 valence electrons. The topological polar surface area (TPSA) is 0 Å². The molecule has 0 aromatic heterocycles. The van der Waals surface area contributed by atoms with Crippen LogP contribution in [0.25, 0.3) is 0 Å². The maximum atomic E-state index is 3.83. The number of hydrogen-bond acceptors (Lipinski definition) is 0. The molecule has 4 unspecified atom stereocenters. The van der Waals surface area contributed by atoms with Crippen LogP contribution in [0.1, 0.15) is 55.5 Å². The summed E-state index contributed by atoms with van der Waals surface area (Å²) < 4.78 is 0. The summed E-state index contributed by atoms with van der Waals surface area (Å²) >= 11 is 3.83. The third kappa shape index (κ3) is 2.51. The van der Waals surface area contributed by atoms with Crippen molar-refractivity contribution < 1.29 is 0 Å². The lowest BCUT2D eigenvalue weighted by Gasteiger charge is -2.13. The molecule has 0 amide bonds. The third-order valence-electron chi connectivity index (χ3n) is 3.98. The number of rotatable bonds is 4. The zero-order valence-corrected chi connectivity index (χ0v) is 12.0. The van der Waals surface area contributed by atoms with Crippen molar-refractivity contribution in [3.63, 3.8) is 0 Å². The highest BCUT2D eigenvalue weighted by atomic mass is 79.9. The molecule has 2 rings (SSSR count). The van der Waals surface area contributed by atoms with Crippen LogP contribution in [0.4, 0.5) is 0 Å². The highest BCUT2D eigenvalue weighted by Crippen LogP contribution is 2.51. The summed E-state index contributed by atoms with van der Waals surface area (Å²) in [6.45, 7) is 6.88. The zero-order valence-electron chi connectivity index (χ0n) is 10.4. The van der Waals surface area contributed by atoms with E-state index in [1.807, 2.05) is 0 Å². The van der Waals surface area contributed by atoms with Gasteiger partial charge in [0, 0.05) is 4.83 Å². The van der Waals surface area contributed by atoms with Crippen LogP contribution in [0, 0.1) is 11.8 Å². The fourth-order valence-electron chi connectivity index (χ4n) is 2.25. The van der Waals surface area contributed by atoms with Crippen molar-refractivity contribution in [3.05, 3.63) is 35.4 Å². The van der Waals surface area contributed by atoms with Crippen LogP contribution in [0.5, 0.6) is 0 Å². The Bertz CT molecular complexity index is 341. The molecular formula is C15H21Br. The molecule has 0 aliphatic heterocycles. The maximum absolute atomic E-state index is 3.83. The molecule has 1 heteroatoms. The van der Waals surface area contributed by atoms with E-state index in [-0.39, 0.29) is 0 Å². The van der Waals surface area contributed by atoms with Gasteiger partial charge in [-0.25, -0.2) is 0 Å². The minimum Gasteiger partial charge on any atom is -0.0836 e. The van der Waals surface area contributed by atoms with Gasteiger partial charge in [0.05, 0.1) is 0 Å². The molecule has 0 bridgehead atoms. The summed E-state index contributed by atoms with van der Waals surface area (Å²) in [5.74, 6) is 2.44. The van der Waals surface area contributed by atoms with Crippen LogP contribution in [0.15, 0.2) is 24.3 Å². The van der Waals surface area contributed by atoms with E-state index in [0.29, 0.717) is 10.7 Å². The average molecular weight is 281 g/mol. The monoisotopic (exact) mass is 280 g/mol. The Morgan fingerprint density at radius 1 is 1.25 bits per heavy atom. The van der Waals surface area contributed by atoms with Gasteiger partial charge in [0.1, 0.15) is 0 Å². The highest BCUT2D eigenvalue weighted by Gasteiger charge is 2.38. The van der Waals surface area contributed by atoms with Gasteiger partial charge in [-0.2, -0.15) is 0 Å². The molecule has 0 heterocycles. The Morgan fingerprint density at radius 3 is 2.19 bits per heavy atom. The molecule has 0 N–H and O–H groups in total. The molecule has 1 aliphatic rings. The summed E-state index contributed by atoms with van der Waals surface area (Å²) in [5, 5.41) is 0. The molecule has 1 saturated carbocycles. The summed E-state index contributed by atoms with van der Waals surface area (Å²) in [6.07, 6.45) is 2.60. The van der Waals surface area contributed by atoms with Crippen LogP contribution in [0.2, 0.25) is 0 Å². The Balaban J connectivity index is 2.07. The lowest BCUT2D eigenvalue weighted by Crippen LogP contribution is -1.96. The van der Waals surface area contributed by atoms with Crippen LogP contribution >= 0.6 is 15.9 Å². The van der Waals surface area contributed by atoms with Gasteiger partial charge in [-0.3, -0.25) is 0 Å². The predicted molar refractivity (Wildman–Crippen MR) is 74.1 cm³/mol. The van der Waals surface area contributed by atoms with Crippen molar-refractivity contribution in [3.8, 4) is 0 Å². The Kier molecular flexibility index (Phi) is 3.73. The minimum absolute atomic E-state index is 0.563. The third-order valence-corrected chi connectivity index (χ3v) is 5.19. The molecule has 0 spiro atoms. The van der Waals surface area contributed by atoms with Crippen molar-refractivity contribution in [2.24, 2.45) is 11.8 Å². The number of hydrogen-bond donors (Lipinski definition) is 0. The first-order valence-electron chi connectivity index (χ1n) is 6.37. The number of alkyl halides is 1. The van der Waals surface area contributed by atoms with E-state index >= 15 is 0 Å². The normalized spacial score (nSPS) is 27.5. The molecule has 0 radical (unpaired) electrons. The molecule has 16 heavy (non-hydrogen) atoms. The number of benzene rings is 1. The van der Waals surface area contributed by atoms with Crippen molar-refractivity contribution in [1.82, 2.24) is 0 Å². The van der Waals surface area contributed by atoms with Crippen LogP contribution < -0.4 is 0 Å². The van der Waals surface area contributed by atoms with Gasteiger partial charge in [0.2, 0.25) is 0 Å². The Morgan fingerprint density at radius 2 is 1.75 bits per heavy atom. The second kappa shape index (κ2) is 4.91. The van der Waals surface area contributed by atoms with Gasteiger partial charge in [-0.1, -0.05) is 61.0 Å². The Labute approximate surface area is 108 Å². The first kappa shape index (κ1) is 12.2. The fraction of sp³-hybridized carbons (Fsp3) is 0.600. The van der Waals surface area contributed by atoms with Crippen molar-refractivity contribution >= 4 is 15.9 Å². The van der Waals surface area contributed by atoms with Gasteiger partial charge < -0.3 is 0 Å². The molecule has 1 aromatic rings. The van der Waals surface area contributed by atoms with E-state index in [2.05, 4.69) is 61.0 Å². The molecule has 1 fully saturated rings. The fourth-order valence-corrected chi connectivity index (χ4v) is 3.29. The molecular weight excluding hydrogens is 260 g/mol. The second-order valence-electron chi connectivity index (χ2n) is 5.25. The van der Waals surface area contributed by atoms with Crippen LogP contribution in [-0.4, -0.2) is 0 Å². The Hall–Kier alpha value is -0.300. The lowest BCUT2D eigenvalue weighted by molar-refractivity contribution is 0.725. The lowest BCUT2D eigenvalue weighted by atomic mass is 9.96. The second-order valence-corrected chi connectivity index (χ2v) is 6.24. The zero-order chi connectivity index (χ0) is 11.7. The van der Waals surface area contributed by atoms with E-state index in [1.165, 1.54) is 24.0 Å². The van der Waals surface area contributed by atoms with E-state index in [4.69, 9.17) is 0 Å². The minimum atomic E-state index is 0.563. The summed E-state index contributed by atoms with van der Waals surface area (Å²) in [4.78, 5) is 0.563. The molecule has 4 atom stereocenters. The van der Waals surface area contributed by atoms with Gasteiger partial charge in [0.15, 0.2) is 0 Å². The molecule has 1 aromatic carbocycles. The first-order chi connectivity index (χ1) is 7.63. The molecule has 1 aliphatic carbocycles. The largest absolute Gasteiger partial charge is 0.0836 e. The summed E-state index contributed by atoms with van der Waals surface area (Å²) in [7, 11) is 0. The first-order valence-corrected chi connectivity index (χ1v) is 7.29. The van der Waals surface area contributed by atoms with Gasteiger partial charge in [0.25, 0.3) is 0 Å². The quantitative estimate of drug-likeness (QED) is 0.658. The van der Waals surface area contributed by atoms with E-state index in [9.17, 15) is 0 Å². The standard InChI is InChI=1S/C15H21Br/c1-4-10(2)12-5-7-13(8-6-12)15(16)14-9-11(14)3/h5-8,10-11,14-15H,4,9H2,1-3H3. The van der Waals surface area contributed by atoms with Crippen molar-refractivity contribution in [1.29, 1.82) is 0 Å². The van der Waals surface area contributed by atoms with Gasteiger partial charge in [-0.15, -0.1) is 0 Å². The summed E-state index contributed by atoms with van der Waals surface area (Å²) in [5.41, 5.74) is 2.91. The molecule has 0 saturated heterocycles. The van der Waals surface area contributed by atoms with Crippen molar-refractivity contribution in [2.45, 2.75) is 44.4 Å². The van der Waals surface area contributed by atoms with Crippen molar-refractivity contribution in [2.75, 3.05) is 0 Å². The summed E-state index contributed by atoms with van der Waals surface area (Å²) in [6, 6.07) is 9.19. The van der Waals surface area contributed by atoms with E-state index < -0.39 is 0 Å². The van der Waals surface area contributed by atoms with Gasteiger partial charge in [-0.05, 0) is 41.7 Å². The average Bonchev–Trinajstić information content (AvgIpc) is 3.04. The maximum Gasteiger partial charge on any atom is 0.0426 e.